The molecule has 0 aliphatic carbocycles. The van der Waals surface area contributed by atoms with Crippen LogP contribution in [-0.2, 0) is 11.3 Å². The van der Waals surface area contributed by atoms with Gasteiger partial charge in [-0.15, -0.1) is 0 Å². The van der Waals surface area contributed by atoms with Crippen LogP contribution in [-0.4, -0.2) is 16.3 Å². The van der Waals surface area contributed by atoms with E-state index in [0.717, 1.165) is 11.8 Å². The molecule has 16 heavy (non-hydrogen) atoms. The maximum Gasteiger partial charge on any atom is 0.0801 e. The molecule has 0 amide bonds. The second kappa shape index (κ2) is 8.26. The zero-order valence-corrected chi connectivity index (χ0v) is 12.7. The minimum Gasteiger partial charge on any atom is -0.372 e. The van der Waals surface area contributed by atoms with Crippen molar-refractivity contribution >= 4 is 31.9 Å². The Balaban J connectivity index is 2.39. The molecule has 0 radical (unpaired) electrons. The van der Waals surface area contributed by atoms with E-state index in [1.54, 1.807) is 0 Å². The summed E-state index contributed by atoms with van der Waals surface area (Å²) in [4.78, 5) is 0.431. The Morgan fingerprint density at radius 2 is 1.94 bits per heavy atom. The molecule has 2 unspecified atom stereocenters. The smallest absolute Gasteiger partial charge is 0.0801 e. The fourth-order valence-electron chi connectivity index (χ4n) is 1.48. The average Bonchev–Trinajstić information content (AvgIpc) is 2.31. The van der Waals surface area contributed by atoms with Gasteiger partial charge in [-0.2, -0.15) is 0 Å². The molecule has 1 nitrogen and oxygen atoms in total. The summed E-state index contributed by atoms with van der Waals surface area (Å²) < 4.78 is 5.90. The Hall–Kier alpha value is 0.140. The molecular formula is C13H18Br2O. The molecule has 1 aromatic carbocycles. The van der Waals surface area contributed by atoms with Crippen molar-refractivity contribution in [2.75, 3.05) is 5.33 Å². The summed E-state index contributed by atoms with van der Waals surface area (Å²) in [7, 11) is 0. The topological polar surface area (TPSA) is 9.23 Å². The van der Waals surface area contributed by atoms with Crippen LogP contribution in [0.15, 0.2) is 30.3 Å². The third-order valence-corrected chi connectivity index (χ3v) is 4.11. The quantitative estimate of drug-likeness (QED) is 0.657. The Labute approximate surface area is 115 Å². The van der Waals surface area contributed by atoms with Gasteiger partial charge in [-0.1, -0.05) is 75.5 Å². The van der Waals surface area contributed by atoms with Crippen LogP contribution in [0, 0.1) is 0 Å². The van der Waals surface area contributed by atoms with E-state index in [0.29, 0.717) is 11.4 Å². The molecule has 0 spiro atoms. The highest BCUT2D eigenvalue weighted by molar-refractivity contribution is 9.10. The molecule has 90 valence electrons. The molecule has 1 aromatic rings. The highest BCUT2D eigenvalue weighted by atomic mass is 79.9. The van der Waals surface area contributed by atoms with Gasteiger partial charge in [-0.05, 0) is 12.0 Å². The molecule has 0 saturated heterocycles. The first kappa shape index (κ1) is 14.2. The Morgan fingerprint density at radius 3 is 2.50 bits per heavy atom. The van der Waals surface area contributed by atoms with Gasteiger partial charge in [0.1, 0.15) is 0 Å². The summed E-state index contributed by atoms with van der Waals surface area (Å²) in [6.45, 7) is 2.87. The fraction of sp³-hybridized carbons (Fsp3) is 0.538. The number of halogens is 2. The molecule has 3 heteroatoms. The Bertz CT molecular complexity index is 277. The zero-order valence-electron chi connectivity index (χ0n) is 9.53. The van der Waals surface area contributed by atoms with Gasteiger partial charge in [-0.25, -0.2) is 0 Å². The predicted molar refractivity (Wildman–Crippen MR) is 76.4 cm³/mol. The van der Waals surface area contributed by atoms with Crippen molar-refractivity contribution in [3.05, 3.63) is 35.9 Å². The van der Waals surface area contributed by atoms with Crippen molar-refractivity contribution in [2.24, 2.45) is 0 Å². The normalized spacial score (nSPS) is 14.7. The first-order chi connectivity index (χ1) is 7.77. The lowest BCUT2D eigenvalue weighted by molar-refractivity contribution is 0.0554. The van der Waals surface area contributed by atoms with Crippen LogP contribution >= 0.6 is 31.9 Å². The Kier molecular flexibility index (Phi) is 7.33. The third-order valence-electron chi connectivity index (χ3n) is 2.43. The van der Waals surface area contributed by atoms with E-state index < -0.39 is 0 Å². The summed E-state index contributed by atoms with van der Waals surface area (Å²) in [5, 5.41) is 0.871. The van der Waals surface area contributed by atoms with Crippen molar-refractivity contribution in [3.63, 3.8) is 0 Å². The van der Waals surface area contributed by atoms with E-state index in [1.165, 1.54) is 12.0 Å². The summed E-state index contributed by atoms with van der Waals surface area (Å²) >= 11 is 7.19. The number of rotatable bonds is 7. The van der Waals surface area contributed by atoms with Gasteiger partial charge in [0.2, 0.25) is 0 Å². The number of ether oxygens (including phenoxy) is 1. The summed E-state index contributed by atoms with van der Waals surface area (Å²) in [6, 6.07) is 10.3. The van der Waals surface area contributed by atoms with Gasteiger partial charge in [0.15, 0.2) is 0 Å². The van der Waals surface area contributed by atoms with Crippen LogP contribution in [0.25, 0.3) is 0 Å². The number of hydrogen-bond donors (Lipinski definition) is 0. The molecular weight excluding hydrogens is 332 g/mol. The van der Waals surface area contributed by atoms with Crippen LogP contribution < -0.4 is 0 Å². The minimum atomic E-state index is 0.236. The first-order valence-electron chi connectivity index (χ1n) is 5.63. The molecule has 0 N–H and O–H groups in total. The second-order valence-corrected chi connectivity index (χ2v) is 5.62. The number of hydrogen-bond acceptors (Lipinski definition) is 1. The van der Waals surface area contributed by atoms with E-state index in [9.17, 15) is 0 Å². The lowest BCUT2D eigenvalue weighted by atomic mass is 10.2. The van der Waals surface area contributed by atoms with Gasteiger partial charge >= 0.3 is 0 Å². The summed E-state index contributed by atoms with van der Waals surface area (Å²) in [5.74, 6) is 0. The average molecular weight is 350 g/mol. The molecule has 0 bridgehead atoms. The lowest BCUT2D eigenvalue weighted by Gasteiger charge is -2.20. The number of benzene rings is 1. The highest BCUT2D eigenvalue weighted by Gasteiger charge is 2.17. The van der Waals surface area contributed by atoms with Crippen molar-refractivity contribution in [3.8, 4) is 0 Å². The highest BCUT2D eigenvalue weighted by Crippen LogP contribution is 2.18. The second-order valence-electron chi connectivity index (χ2n) is 3.79. The monoisotopic (exact) mass is 348 g/mol. The standard InChI is InChI=1S/C13H18Br2O/c1-2-6-12(15)13(9-14)16-10-11-7-4-3-5-8-11/h3-5,7-8,12-13H,2,6,9-10H2,1H3. The summed E-state index contributed by atoms with van der Waals surface area (Å²) in [5.41, 5.74) is 1.23. The van der Waals surface area contributed by atoms with Crippen LogP contribution in [0.4, 0.5) is 0 Å². The van der Waals surface area contributed by atoms with Crippen molar-refractivity contribution in [1.82, 2.24) is 0 Å². The molecule has 0 fully saturated rings. The minimum absolute atomic E-state index is 0.236. The van der Waals surface area contributed by atoms with Crippen LogP contribution in [0.1, 0.15) is 25.3 Å². The van der Waals surface area contributed by atoms with Gasteiger partial charge in [0.05, 0.1) is 12.7 Å². The molecule has 0 saturated carbocycles. The molecule has 0 aliphatic heterocycles. The van der Waals surface area contributed by atoms with Crippen molar-refractivity contribution in [1.29, 1.82) is 0 Å². The molecule has 0 heterocycles. The third kappa shape index (κ3) is 4.98. The van der Waals surface area contributed by atoms with Gasteiger partial charge < -0.3 is 4.74 Å². The number of alkyl halides is 2. The van der Waals surface area contributed by atoms with E-state index in [-0.39, 0.29) is 6.10 Å². The SMILES string of the molecule is CCCC(Br)C(CBr)OCc1ccccc1. The van der Waals surface area contributed by atoms with Gasteiger partial charge in [-0.3, -0.25) is 0 Å². The Morgan fingerprint density at radius 1 is 1.25 bits per heavy atom. The van der Waals surface area contributed by atoms with Gasteiger partial charge in [0.25, 0.3) is 0 Å². The maximum absolute atomic E-state index is 5.90. The lowest BCUT2D eigenvalue weighted by Crippen LogP contribution is -2.25. The summed E-state index contributed by atoms with van der Waals surface area (Å²) in [6.07, 6.45) is 2.55. The molecule has 2 atom stereocenters. The van der Waals surface area contributed by atoms with E-state index in [2.05, 4.69) is 50.9 Å². The molecule has 0 aromatic heterocycles. The van der Waals surface area contributed by atoms with Crippen molar-refractivity contribution in [2.45, 2.75) is 37.3 Å². The maximum atomic E-state index is 5.90. The van der Waals surface area contributed by atoms with Crippen LogP contribution in [0.2, 0.25) is 0 Å². The molecule has 0 aliphatic rings. The van der Waals surface area contributed by atoms with Crippen molar-refractivity contribution < 1.29 is 4.74 Å². The predicted octanol–water partition coefficient (Wildman–Crippen LogP) is 4.53. The van der Waals surface area contributed by atoms with Crippen LogP contribution in [0.3, 0.4) is 0 Å². The molecule has 1 rings (SSSR count). The van der Waals surface area contributed by atoms with E-state index in [4.69, 9.17) is 4.74 Å². The van der Waals surface area contributed by atoms with E-state index in [1.807, 2.05) is 18.2 Å². The first-order valence-corrected chi connectivity index (χ1v) is 7.67. The fourth-order valence-corrected chi connectivity index (χ4v) is 3.42. The zero-order chi connectivity index (χ0) is 11.8. The van der Waals surface area contributed by atoms with Crippen LogP contribution in [0.5, 0.6) is 0 Å². The largest absolute Gasteiger partial charge is 0.372 e. The van der Waals surface area contributed by atoms with E-state index >= 15 is 0 Å². The van der Waals surface area contributed by atoms with Gasteiger partial charge in [0, 0.05) is 10.2 Å².